The molecule has 3 nitrogen and oxygen atoms in total. The Kier molecular flexibility index (Phi) is 3.97. The highest BCUT2D eigenvalue weighted by atomic mass is 35.5. The maximum atomic E-state index is 13.2. The predicted octanol–water partition coefficient (Wildman–Crippen LogP) is 3.86. The number of nitrogen functional groups attached to an aromatic ring is 1. The van der Waals surface area contributed by atoms with Gasteiger partial charge in [-0.25, -0.2) is 9.37 Å². The lowest BCUT2D eigenvalue weighted by atomic mass is 9.95. The van der Waals surface area contributed by atoms with Crippen molar-refractivity contribution in [3.63, 3.8) is 0 Å². The quantitative estimate of drug-likeness (QED) is 0.856. The maximum absolute atomic E-state index is 13.2. The van der Waals surface area contributed by atoms with E-state index in [-0.39, 0.29) is 10.4 Å². The zero-order valence-electron chi connectivity index (χ0n) is 12.2. The highest BCUT2D eigenvalue weighted by Crippen LogP contribution is 2.35. The molecule has 0 unspecified atom stereocenters. The van der Waals surface area contributed by atoms with Gasteiger partial charge >= 0.3 is 0 Å². The normalized spacial score (nSPS) is 11.4. The number of terminal acetylenes is 1. The van der Waals surface area contributed by atoms with Crippen LogP contribution in [0.25, 0.3) is 11.3 Å². The smallest absolute Gasteiger partial charge is 0.132 e. The molecule has 1 aromatic heterocycles. The molecule has 0 aliphatic heterocycles. The van der Waals surface area contributed by atoms with Crippen LogP contribution < -0.4 is 5.73 Å². The summed E-state index contributed by atoms with van der Waals surface area (Å²) in [4.78, 5) is 4.60. The molecule has 110 valence electrons. The Morgan fingerprint density at radius 1 is 1.43 bits per heavy atom. The van der Waals surface area contributed by atoms with Gasteiger partial charge in [0.05, 0.1) is 11.6 Å². The Hall–Kier alpha value is -1.99. The van der Waals surface area contributed by atoms with Crippen LogP contribution >= 0.6 is 11.6 Å². The molecule has 0 saturated carbocycles. The molecule has 21 heavy (non-hydrogen) atoms. The Morgan fingerprint density at radius 2 is 2.10 bits per heavy atom. The Labute approximate surface area is 128 Å². The Morgan fingerprint density at radius 3 is 2.62 bits per heavy atom. The van der Waals surface area contributed by atoms with Crippen molar-refractivity contribution >= 4 is 17.4 Å². The van der Waals surface area contributed by atoms with E-state index in [0.29, 0.717) is 23.6 Å². The van der Waals surface area contributed by atoms with Crippen LogP contribution in [0.2, 0.25) is 5.02 Å². The van der Waals surface area contributed by atoms with Gasteiger partial charge in [-0.1, -0.05) is 38.3 Å². The molecular formula is C16H17ClFN3. The molecule has 0 amide bonds. The highest BCUT2D eigenvalue weighted by molar-refractivity contribution is 6.33. The number of nitrogens with two attached hydrogens (primary N) is 1. The Bertz CT molecular complexity index is 720. The number of hydrogen-bond donors (Lipinski definition) is 1. The van der Waals surface area contributed by atoms with Gasteiger partial charge in [-0.05, 0) is 18.2 Å². The molecule has 0 fully saturated rings. The molecule has 2 rings (SSSR count). The molecule has 0 radical (unpaired) electrons. The summed E-state index contributed by atoms with van der Waals surface area (Å²) in [6.07, 6.45) is 5.41. The van der Waals surface area contributed by atoms with Crippen molar-refractivity contribution in [3.05, 3.63) is 34.9 Å². The average molecular weight is 306 g/mol. The molecule has 0 aliphatic rings. The van der Waals surface area contributed by atoms with Crippen molar-refractivity contribution in [3.8, 4) is 23.6 Å². The van der Waals surface area contributed by atoms with E-state index in [1.54, 1.807) is 10.6 Å². The van der Waals surface area contributed by atoms with Gasteiger partial charge in [0.15, 0.2) is 0 Å². The fourth-order valence-electron chi connectivity index (χ4n) is 2.17. The summed E-state index contributed by atoms with van der Waals surface area (Å²) in [6, 6.07) is 4.15. The van der Waals surface area contributed by atoms with Gasteiger partial charge in [0.2, 0.25) is 0 Å². The molecule has 0 atom stereocenters. The monoisotopic (exact) mass is 305 g/mol. The summed E-state index contributed by atoms with van der Waals surface area (Å²) in [6.45, 7) is 6.40. The minimum atomic E-state index is -0.401. The largest absolute Gasteiger partial charge is 0.383 e. The minimum absolute atomic E-state index is 0.226. The second-order valence-electron chi connectivity index (χ2n) is 5.83. The molecular weight excluding hydrogens is 289 g/mol. The van der Waals surface area contributed by atoms with Crippen LogP contribution in [0.3, 0.4) is 0 Å². The maximum Gasteiger partial charge on any atom is 0.132 e. The fraction of sp³-hybridized carbons (Fsp3) is 0.312. The lowest BCUT2D eigenvalue weighted by molar-refractivity contribution is 0.517. The molecule has 0 spiro atoms. The number of rotatable bonds is 2. The summed E-state index contributed by atoms with van der Waals surface area (Å²) in [5.41, 5.74) is 7.07. The third kappa shape index (κ3) is 2.88. The number of hydrogen-bond acceptors (Lipinski definition) is 2. The van der Waals surface area contributed by atoms with Crippen molar-refractivity contribution in [2.45, 2.75) is 32.7 Å². The van der Waals surface area contributed by atoms with Crippen molar-refractivity contribution in [2.75, 3.05) is 5.73 Å². The molecule has 2 aromatic rings. The molecule has 5 heteroatoms. The highest BCUT2D eigenvalue weighted by Gasteiger charge is 2.25. The molecule has 1 aromatic carbocycles. The zero-order chi connectivity index (χ0) is 15.8. The predicted molar refractivity (Wildman–Crippen MR) is 84.6 cm³/mol. The average Bonchev–Trinajstić information content (AvgIpc) is 2.68. The third-order valence-electron chi connectivity index (χ3n) is 3.11. The minimum Gasteiger partial charge on any atom is -0.383 e. The van der Waals surface area contributed by atoms with E-state index in [1.165, 1.54) is 12.1 Å². The van der Waals surface area contributed by atoms with Crippen molar-refractivity contribution in [1.82, 2.24) is 9.55 Å². The second kappa shape index (κ2) is 5.42. The van der Waals surface area contributed by atoms with E-state index >= 15 is 0 Å². The van der Waals surface area contributed by atoms with Crippen LogP contribution in [0.1, 0.15) is 26.6 Å². The van der Waals surface area contributed by atoms with Crippen LogP contribution in [0, 0.1) is 18.2 Å². The molecule has 0 saturated heterocycles. The van der Waals surface area contributed by atoms with Crippen LogP contribution in [0.5, 0.6) is 0 Å². The molecule has 1 heterocycles. The third-order valence-corrected chi connectivity index (χ3v) is 3.43. The van der Waals surface area contributed by atoms with Gasteiger partial charge in [0.25, 0.3) is 0 Å². The first-order chi connectivity index (χ1) is 9.75. The van der Waals surface area contributed by atoms with Gasteiger partial charge in [-0.15, -0.1) is 6.42 Å². The number of imidazole rings is 1. The summed E-state index contributed by atoms with van der Waals surface area (Å²) >= 11 is 6.10. The van der Waals surface area contributed by atoms with Gasteiger partial charge in [-0.2, -0.15) is 0 Å². The summed E-state index contributed by atoms with van der Waals surface area (Å²) < 4.78 is 15.0. The van der Waals surface area contributed by atoms with Crippen LogP contribution in [-0.4, -0.2) is 9.55 Å². The lowest BCUT2D eigenvalue weighted by Gasteiger charge is -2.18. The van der Waals surface area contributed by atoms with E-state index in [1.807, 2.05) is 20.8 Å². The van der Waals surface area contributed by atoms with Gasteiger partial charge in [0, 0.05) is 11.0 Å². The number of halogens is 2. The first-order valence-electron chi connectivity index (χ1n) is 6.51. The first-order valence-corrected chi connectivity index (χ1v) is 6.89. The molecule has 0 bridgehead atoms. The standard InChI is InChI=1S/C16H17ClFN3/c1-5-8-21-14(19)13(20-15(21)16(2,3)4)11-7-6-10(18)9-12(11)17/h1,6-7,9H,8,19H2,2-4H3. The van der Waals surface area contributed by atoms with Crippen molar-refractivity contribution < 1.29 is 4.39 Å². The van der Waals surface area contributed by atoms with E-state index in [0.717, 1.165) is 5.82 Å². The number of aromatic nitrogens is 2. The number of nitrogens with zero attached hydrogens (tertiary/aromatic N) is 2. The second-order valence-corrected chi connectivity index (χ2v) is 6.24. The van der Waals surface area contributed by atoms with E-state index < -0.39 is 5.82 Å². The van der Waals surface area contributed by atoms with Crippen molar-refractivity contribution in [2.24, 2.45) is 0 Å². The van der Waals surface area contributed by atoms with E-state index in [2.05, 4.69) is 10.9 Å². The number of benzene rings is 1. The van der Waals surface area contributed by atoms with Crippen LogP contribution in [0.4, 0.5) is 10.2 Å². The molecule has 2 N–H and O–H groups in total. The van der Waals surface area contributed by atoms with E-state index in [4.69, 9.17) is 23.8 Å². The van der Waals surface area contributed by atoms with E-state index in [9.17, 15) is 4.39 Å². The van der Waals surface area contributed by atoms with Gasteiger partial charge in [-0.3, -0.25) is 0 Å². The Balaban J connectivity index is 2.68. The fourth-order valence-corrected chi connectivity index (χ4v) is 2.43. The topological polar surface area (TPSA) is 43.8 Å². The van der Waals surface area contributed by atoms with Gasteiger partial charge < -0.3 is 10.3 Å². The van der Waals surface area contributed by atoms with Gasteiger partial charge in [0.1, 0.15) is 23.2 Å². The zero-order valence-corrected chi connectivity index (χ0v) is 13.0. The molecule has 0 aliphatic carbocycles. The lowest BCUT2D eigenvalue weighted by Crippen LogP contribution is -2.19. The van der Waals surface area contributed by atoms with Crippen LogP contribution in [0.15, 0.2) is 18.2 Å². The SMILES string of the molecule is C#CCn1c(C(C)(C)C)nc(-c2ccc(F)cc2Cl)c1N. The van der Waals surface area contributed by atoms with Crippen LogP contribution in [-0.2, 0) is 12.0 Å². The summed E-state index contributed by atoms with van der Waals surface area (Å²) in [5, 5.41) is 0.271. The first kappa shape index (κ1) is 15.4. The number of anilines is 1. The summed E-state index contributed by atoms with van der Waals surface area (Å²) in [5.74, 6) is 3.38. The summed E-state index contributed by atoms with van der Waals surface area (Å²) in [7, 11) is 0. The van der Waals surface area contributed by atoms with Crippen molar-refractivity contribution in [1.29, 1.82) is 0 Å².